The number of benzene rings is 2. The van der Waals surface area contributed by atoms with Gasteiger partial charge in [0.25, 0.3) is 5.91 Å². The first-order valence-corrected chi connectivity index (χ1v) is 9.85. The summed E-state index contributed by atoms with van der Waals surface area (Å²) < 4.78 is 1.57. The van der Waals surface area contributed by atoms with Gasteiger partial charge >= 0.3 is 5.97 Å². The van der Waals surface area contributed by atoms with Gasteiger partial charge in [0.2, 0.25) is 0 Å². The number of rotatable bonds is 7. The number of nitrogens with zero attached hydrogens (tertiary/aromatic N) is 3. The van der Waals surface area contributed by atoms with E-state index in [1.165, 1.54) is 29.8 Å². The molecule has 3 rings (SSSR count). The number of carbonyl (C=O) groups excluding carboxylic acids is 1. The Bertz CT molecular complexity index is 1130. The molecule has 1 aromatic heterocycles. The summed E-state index contributed by atoms with van der Waals surface area (Å²) in [5.74, 6) is -1.59. The highest BCUT2D eigenvalue weighted by atomic mass is 16.4. The molecule has 3 N–H and O–H groups in total. The summed E-state index contributed by atoms with van der Waals surface area (Å²) in [6, 6.07) is 13.4. The lowest BCUT2D eigenvalue weighted by Crippen LogP contribution is -2.19. The maximum atomic E-state index is 12.3. The largest absolute Gasteiger partial charge is 0.504 e. The van der Waals surface area contributed by atoms with E-state index in [9.17, 15) is 14.7 Å². The molecule has 31 heavy (non-hydrogen) atoms. The molecule has 0 saturated carbocycles. The van der Waals surface area contributed by atoms with Crippen LogP contribution in [-0.2, 0) is 13.5 Å². The van der Waals surface area contributed by atoms with Gasteiger partial charge in [-0.25, -0.2) is 10.2 Å². The number of aromatic hydroxyl groups is 1. The summed E-state index contributed by atoms with van der Waals surface area (Å²) in [7, 11) is 1.73. The van der Waals surface area contributed by atoms with E-state index < -0.39 is 11.9 Å². The summed E-state index contributed by atoms with van der Waals surface area (Å²) in [5.41, 5.74) is 5.96. The fourth-order valence-corrected chi connectivity index (χ4v) is 3.21. The molecule has 2 aromatic carbocycles. The Morgan fingerprint density at radius 1 is 1.06 bits per heavy atom. The van der Waals surface area contributed by atoms with Crippen LogP contribution in [0.4, 0.5) is 0 Å². The van der Waals surface area contributed by atoms with Gasteiger partial charge in [-0.15, -0.1) is 0 Å². The average molecular weight is 420 g/mol. The van der Waals surface area contributed by atoms with Gasteiger partial charge in [0, 0.05) is 18.2 Å². The van der Waals surface area contributed by atoms with E-state index in [2.05, 4.69) is 22.5 Å². The molecule has 0 atom stereocenters. The minimum atomic E-state index is -1.07. The van der Waals surface area contributed by atoms with Crippen LogP contribution < -0.4 is 5.43 Å². The van der Waals surface area contributed by atoms with E-state index in [0.717, 1.165) is 18.4 Å². The average Bonchev–Trinajstić information content (AvgIpc) is 3.06. The van der Waals surface area contributed by atoms with Crippen LogP contribution in [0.1, 0.15) is 52.2 Å². The van der Waals surface area contributed by atoms with Crippen LogP contribution in [0.15, 0.2) is 53.6 Å². The standard InChI is InChI=1S/C23H24N4O4/c1-4-5-15-6-8-16(9-7-15)20-21(28)19(26-27(20)3)14(2)24-25-22(29)17-10-12-18(13-11-17)23(30)31/h6-13,28H,4-5H2,1-3H3,(H,25,29)(H,30,31)/b24-14-. The molecule has 1 amide bonds. The molecule has 0 radical (unpaired) electrons. The van der Waals surface area contributed by atoms with Crippen molar-refractivity contribution < 1.29 is 19.8 Å². The van der Waals surface area contributed by atoms with Crippen molar-refractivity contribution in [2.45, 2.75) is 26.7 Å². The SMILES string of the molecule is CCCc1ccc(-c2c(O)c(/C(C)=N\NC(=O)c3ccc(C(=O)O)cc3)nn2C)cc1. The van der Waals surface area contributed by atoms with Crippen LogP contribution in [0.5, 0.6) is 5.75 Å². The summed E-state index contributed by atoms with van der Waals surface area (Å²) in [6.07, 6.45) is 2.05. The quantitative estimate of drug-likeness (QED) is 0.399. The Labute approximate surface area is 179 Å². The fourth-order valence-electron chi connectivity index (χ4n) is 3.21. The molecule has 0 spiro atoms. The lowest BCUT2D eigenvalue weighted by atomic mass is 10.0. The Balaban J connectivity index is 1.79. The van der Waals surface area contributed by atoms with Crippen LogP contribution in [0.25, 0.3) is 11.3 Å². The van der Waals surface area contributed by atoms with E-state index in [4.69, 9.17) is 5.11 Å². The second kappa shape index (κ2) is 9.25. The first kappa shape index (κ1) is 21.8. The topological polar surface area (TPSA) is 117 Å². The van der Waals surface area contributed by atoms with Crippen molar-refractivity contribution in [3.8, 4) is 17.0 Å². The highest BCUT2D eigenvalue weighted by Gasteiger charge is 2.19. The Kier molecular flexibility index (Phi) is 6.49. The number of aromatic nitrogens is 2. The Hall–Kier alpha value is -3.94. The molecular formula is C23H24N4O4. The van der Waals surface area contributed by atoms with E-state index >= 15 is 0 Å². The van der Waals surface area contributed by atoms with Gasteiger partial charge in [0.15, 0.2) is 11.4 Å². The fraction of sp³-hybridized carbons (Fsp3) is 0.217. The minimum absolute atomic E-state index is 0.0212. The predicted molar refractivity (Wildman–Crippen MR) is 117 cm³/mol. The predicted octanol–water partition coefficient (Wildman–Crippen LogP) is 3.60. The van der Waals surface area contributed by atoms with Crippen LogP contribution in [0.3, 0.4) is 0 Å². The monoisotopic (exact) mass is 420 g/mol. The first-order valence-electron chi connectivity index (χ1n) is 9.85. The molecule has 8 nitrogen and oxygen atoms in total. The van der Waals surface area contributed by atoms with E-state index in [1.807, 2.05) is 24.3 Å². The number of hydrogen-bond acceptors (Lipinski definition) is 5. The third-order valence-electron chi connectivity index (χ3n) is 4.85. The molecule has 0 aliphatic carbocycles. The molecular weight excluding hydrogens is 396 g/mol. The first-order chi connectivity index (χ1) is 14.8. The molecule has 0 aliphatic rings. The van der Waals surface area contributed by atoms with Crippen LogP contribution >= 0.6 is 0 Å². The van der Waals surface area contributed by atoms with Crippen molar-refractivity contribution in [3.05, 3.63) is 70.9 Å². The highest BCUT2D eigenvalue weighted by molar-refractivity contribution is 6.02. The molecule has 0 unspecified atom stereocenters. The lowest BCUT2D eigenvalue weighted by molar-refractivity contribution is 0.0696. The maximum Gasteiger partial charge on any atom is 0.335 e. The number of hydrogen-bond donors (Lipinski definition) is 3. The number of amides is 1. The van der Waals surface area contributed by atoms with Crippen molar-refractivity contribution in [1.29, 1.82) is 0 Å². The van der Waals surface area contributed by atoms with Gasteiger partial charge in [-0.3, -0.25) is 9.48 Å². The molecule has 0 aliphatic heterocycles. The Morgan fingerprint density at radius 2 is 1.68 bits per heavy atom. The van der Waals surface area contributed by atoms with Crippen LogP contribution in [0, 0.1) is 0 Å². The molecule has 160 valence electrons. The molecule has 3 aromatic rings. The van der Waals surface area contributed by atoms with Crippen LogP contribution in [0.2, 0.25) is 0 Å². The van der Waals surface area contributed by atoms with Crippen molar-refractivity contribution in [2.24, 2.45) is 12.1 Å². The van der Waals surface area contributed by atoms with Crippen molar-refractivity contribution in [3.63, 3.8) is 0 Å². The van der Waals surface area contributed by atoms with Crippen molar-refractivity contribution in [2.75, 3.05) is 0 Å². The van der Waals surface area contributed by atoms with Gasteiger partial charge in [0.1, 0.15) is 5.69 Å². The number of hydrazone groups is 1. The summed E-state index contributed by atoms with van der Waals surface area (Å²) in [4.78, 5) is 23.2. The zero-order valence-electron chi connectivity index (χ0n) is 17.6. The molecule has 1 heterocycles. The van der Waals surface area contributed by atoms with Gasteiger partial charge in [-0.1, -0.05) is 37.6 Å². The van der Waals surface area contributed by atoms with Gasteiger partial charge < -0.3 is 10.2 Å². The van der Waals surface area contributed by atoms with E-state index in [1.54, 1.807) is 18.7 Å². The third kappa shape index (κ3) is 4.80. The molecule has 8 heteroatoms. The van der Waals surface area contributed by atoms with Crippen molar-refractivity contribution in [1.82, 2.24) is 15.2 Å². The molecule has 0 saturated heterocycles. The summed E-state index contributed by atoms with van der Waals surface area (Å²) in [5, 5.41) is 28.1. The molecule has 0 fully saturated rings. The van der Waals surface area contributed by atoms with E-state index in [-0.39, 0.29) is 22.6 Å². The van der Waals surface area contributed by atoms with Crippen LogP contribution in [-0.4, -0.2) is 37.6 Å². The smallest absolute Gasteiger partial charge is 0.335 e. The minimum Gasteiger partial charge on any atom is -0.504 e. The number of carbonyl (C=O) groups is 2. The van der Waals surface area contributed by atoms with Gasteiger partial charge in [-0.2, -0.15) is 10.2 Å². The number of aromatic carboxylic acids is 1. The summed E-state index contributed by atoms with van der Waals surface area (Å²) >= 11 is 0. The number of nitrogens with one attached hydrogen (secondary N) is 1. The molecule has 0 bridgehead atoms. The van der Waals surface area contributed by atoms with Crippen molar-refractivity contribution >= 4 is 17.6 Å². The second-order valence-electron chi connectivity index (χ2n) is 7.14. The summed E-state index contributed by atoms with van der Waals surface area (Å²) in [6.45, 7) is 3.75. The number of carboxylic acids is 1. The lowest BCUT2D eigenvalue weighted by Gasteiger charge is -2.05. The number of carboxylic acid groups (broad SMARTS) is 1. The number of aryl methyl sites for hydroxylation is 2. The zero-order valence-corrected chi connectivity index (χ0v) is 17.6. The van der Waals surface area contributed by atoms with E-state index in [0.29, 0.717) is 11.4 Å². The zero-order chi connectivity index (χ0) is 22.5. The van der Waals surface area contributed by atoms with Gasteiger partial charge in [-0.05, 0) is 43.2 Å². The Morgan fingerprint density at radius 3 is 2.26 bits per heavy atom. The normalized spacial score (nSPS) is 11.4. The highest BCUT2D eigenvalue weighted by Crippen LogP contribution is 2.32. The van der Waals surface area contributed by atoms with Gasteiger partial charge in [0.05, 0.1) is 11.3 Å². The third-order valence-corrected chi connectivity index (χ3v) is 4.85. The second-order valence-corrected chi connectivity index (χ2v) is 7.14. The maximum absolute atomic E-state index is 12.3.